The van der Waals surface area contributed by atoms with Crippen molar-refractivity contribution in [2.24, 2.45) is 0 Å². The van der Waals surface area contributed by atoms with Gasteiger partial charge in [-0.1, -0.05) is 0 Å². The molecule has 0 bridgehead atoms. The second-order valence-corrected chi connectivity index (χ2v) is 4.56. The molecule has 1 saturated heterocycles. The van der Waals surface area contributed by atoms with Crippen molar-refractivity contribution < 1.29 is 5.11 Å². The Morgan fingerprint density at radius 2 is 1.53 bits per heavy atom. The molecule has 4 heteroatoms. The fraction of sp³-hybridized carbons (Fsp3) is 1.00. The molecule has 1 fully saturated rings. The number of likely N-dealkylation sites (N-methyl/N-ethyl adjacent to an activating group) is 1. The van der Waals surface area contributed by atoms with Gasteiger partial charge in [-0.15, -0.1) is 0 Å². The lowest BCUT2D eigenvalue weighted by Gasteiger charge is -2.35. The Balaban J connectivity index is 2.07. The molecule has 1 N–H and O–H groups in total. The third-order valence-electron chi connectivity index (χ3n) is 2.96. The minimum atomic E-state index is 0.320. The SMILES string of the molecule is CN(C)CCN1CCN(CCCO)CC1. The quantitative estimate of drug-likeness (QED) is 0.650. The molecule has 0 saturated carbocycles. The van der Waals surface area contributed by atoms with E-state index in [1.54, 1.807) is 0 Å². The minimum absolute atomic E-state index is 0.320. The van der Waals surface area contributed by atoms with Crippen LogP contribution in [0.2, 0.25) is 0 Å². The zero-order valence-electron chi connectivity index (χ0n) is 10.2. The first-order valence-electron chi connectivity index (χ1n) is 5.92. The number of nitrogens with zero attached hydrogens (tertiary/aromatic N) is 3. The second-order valence-electron chi connectivity index (χ2n) is 4.56. The molecule has 0 radical (unpaired) electrons. The largest absolute Gasteiger partial charge is 0.396 e. The molecule has 15 heavy (non-hydrogen) atoms. The summed E-state index contributed by atoms with van der Waals surface area (Å²) >= 11 is 0. The summed E-state index contributed by atoms with van der Waals surface area (Å²) in [5.74, 6) is 0. The summed E-state index contributed by atoms with van der Waals surface area (Å²) in [7, 11) is 4.25. The summed E-state index contributed by atoms with van der Waals surface area (Å²) in [5, 5.41) is 8.75. The van der Waals surface area contributed by atoms with E-state index in [2.05, 4.69) is 28.8 Å². The van der Waals surface area contributed by atoms with Gasteiger partial charge in [-0.3, -0.25) is 4.90 Å². The summed E-state index contributed by atoms with van der Waals surface area (Å²) < 4.78 is 0. The maximum Gasteiger partial charge on any atom is 0.0443 e. The molecule has 0 aromatic heterocycles. The average molecular weight is 215 g/mol. The third kappa shape index (κ3) is 5.47. The van der Waals surface area contributed by atoms with E-state index in [0.29, 0.717) is 6.61 Å². The first kappa shape index (κ1) is 12.9. The van der Waals surface area contributed by atoms with Gasteiger partial charge in [0.05, 0.1) is 0 Å². The average Bonchev–Trinajstić information content (AvgIpc) is 2.25. The molecule has 1 rings (SSSR count). The van der Waals surface area contributed by atoms with E-state index in [0.717, 1.165) is 32.6 Å². The van der Waals surface area contributed by atoms with E-state index < -0.39 is 0 Å². The van der Waals surface area contributed by atoms with Crippen LogP contribution in [-0.2, 0) is 0 Å². The Bertz CT molecular complexity index is 156. The van der Waals surface area contributed by atoms with Gasteiger partial charge >= 0.3 is 0 Å². The van der Waals surface area contributed by atoms with Crippen LogP contribution in [0.15, 0.2) is 0 Å². The Morgan fingerprint density at radius 3 is 2.00 bits per heavy atom. The topological polar surface area (TPSA) is 30.0 Å². The van der Waals surface area contributed by atoms with E-state index in [9.17, 15) is 0 Å². The molecule has 0 spiro atoms. The highest BCUT2D eigenvalue weighted by Crippen LogP contribution is 2.01. The molecule has 1 aliphatic heterocycles. The predicted molar refractivity (Wildman–Crippen MR) is 63.1 cm³/mol. The Hall–Kier alpha value is -0.160. The normalized spacial score (nSPS) is 20.0. The van der Waals surface area contributed by atoms with E-state index >= 15 is 0 Å². The van der Waals surface area contributed by atoms with Crippen LogP contribution in [0, 0.1) is 0 Å². The first-order chi connectivity index (χ1) is 7.22. The predicted octanol–water partition coefficient (Wildman–Crippen LogP) is -0.452. The van der Waals surface area contributed by atoms with Crippen molar-refractivity contribution in [2.75, 3.05) is 66.5 Å². The van der Waals surface area contributed by atoms with Gasteiger partial charge in [0.15, 0.2) is 0 Å². The summed E-state index contributed by atoms with van der Waals surface area (Å²) in [6.07, 6.45) is 0.914. The zero-order valence-corrected chi connectivity index (χ0v) is 10.2. The Morgan fingerprint density at radius 1 is 1.00 bits per heavy atom. The van der Waals surface area contributed by atoms with Gasteiger partial charge in [-0.2, -0.15) is 0 Å². The van der Waals surface area contributed by atoms with Crippen LogP contribution < -0.4 is 0 Å². The van der Waals surface area contributed by atoms with Crippen LogP contribution in [0.1, 0.15) is 6.42 Å². The molecule has 4 nitrogen and oxygen atoms in total. The maximum absolute atomic E-state index is 8.75. The molecule has 0 aromatic rings. The van der Waals surface area contributed by atoms with E-state index in [4.69, 9.17) is 5.11 Å². The summed E-state index contributed by atoms with van der Waals surface area (Å²) in [5.41, 5.74) is 0. The number of hydrogen-bond donors (Lipinski definition) is 1. The molecular weight excluding hydrogens is 190 g/mol. The van der Waals surface area contributed by atoms with Gasteiger partial charge < -0.3 is 14.9 Å². The molecule has 0 amide bonds. The minimum Gasteiger partial charge on any atom is -0.396 e. The highest BCUT2D eigenvalue weighted by molar-refractivity contribution is 4.72. The maximum atomic E-state index is 8.75. The molecule has 0 aromatic carbocycles. The van der Waals surface area contributed by atoms with Gasteiger partial charge in [0.1, 0.15) is 0 Å². The fourth-order valence-corrected chi connectivity index (χ4v) is 1.87. The summed E-state index contributed by atoms with van der Waals surface area (Å²) in [4.78, 5) is 7.20. The van der Waals surface area contributed by atoms with Crippen LogP contribution in [0.5, 0.6) is 0 Å². The van der Waals surface area contributed by atoms with Crippen LogP contribution in [0.4, 0.5) is 0 Å². The van der Waals surface area contributed by atoms with Gasteiger partial charge in [0.2, 0.25) is 0 Å². The van der Waals surface area contributed by atoms with Crippen LogP contribution in [0.25, 0.3) is 0 Å². The smallest absolute Gasteiger partial charge is 0.0443 e. The van der Waals surface area contributed by atoms with Gasteiger partial charge in [-0.05, 0) is 20.5 Å². The summed E-state index contributed by atoms with van der Waals surface area (Å²) in [6.45, 7) is 8.38. The van der Waals surface area contributed by atoms with E-state index in [-0.39, 0.29) is 0 Å². The van der Waals surface area contributed by atoms with E-state index in [1.165, 1.54) is 19.6 Å². The van der Waals surface area contributed by atoms with Gasteiger partial charge in [0, 0.05) is 52.4 Å². The molecule has 1 aliphatic rings. The lowest BCUT2D eigenvalue weighted by atomic mass is 10.3. The number of hydrogen-bond acceptors (Lipinski definition) is 4. The fourth-order valence-electron chi connectivity index (χ4n) is 1.87. The van der Waals surface area contributed by atoms with Crippen LogP contribution in [0.3, 0.4) is 0 Å². The van der Waals surface area contributed by atoms with Crippen molar-refractivity contribution in [3.05, 3.63) is 0 Å². The highest BCUT2D eigenvalue weighted by Gasteiger charge is 2.15. The second kappa shape index (κ2) is 7.17. The van der Waals surface area contributed by atoms with Crippen LogP contribution >= 0.6 is 0 Å². The summed E-state index contributed by atoms with van der Waals surface area (Å²) in [6, 6.07) is 0. The van der Waals surface area contributed by atoms with Crippen molar-refractivity contribution in [1.82, 2.24) is 14.7 Å². The van der Waals surface area contributed by atoms with Crippen molar-refractivity contribution in [3.63, 3.8) is 0 Å². The molecular formula is C11H25N3O. The number of aliphatic hydroxyl groups is 1. The van der Waals surface area contributed by atoms with Crippen molar-refractivity contribution in [2.45, 2.75) is 6.42 Å². The van der Waals surface area contributed by atoms with E-state index in [1.807, 2.05) is 0 Å². The monoisotopic (exact) mass is 215 g/mol. The lowest BCUT2D eigenvalue weighted by Crippen LogP contribution is -2.48. The van der Waals surface area contributed by atoms with Crippen molar-refractivity contribution in [1.29, 1.82) is 0 Å². The van der Waals surface area contributed by atoms with Crippen molar-refractivity contribution in [3.8, 4) is 0 Å². The molecule has 1 heterocycles. The first-order valence-corrected chi connectivity index (χ1v) is 5.92. The number of aliphatic hydroxyl groups excluding tert-OH is 1. The number of piperazine rings is 1. The molecule has 90 valence electrons. The standard InChI is InChI=1S/C11H25N3O/c1-12(2)5-6-14-9-7-13(8-10-14)4-3-11-15/h15H,3-11H2,1-2H3. The lowest BCUT2D eigenvalue weighted by molar-refractivity contribution is 0.118. The molecule has 0 atom stereocenters. The van der Waals surface area contributed by atoms with Gasteiger partial charge in [0.25, 0.3) is 0 Å². The van der Waals surface area contributed by atoms with Crippen molar-refractivity contribution >= 4 is 0 Å². The number of rotatable bonds is 6. The third-order valence-corrected chi connectivity index (χ3v) is 2.96. The molecule has 0 aliphatic carbocycles. The Kier molecular flexibility index (Phi) is 6.17. The van der Waals surface area contributed by atoms with Crippen LogP contribution in [-0.4, -0.2) is 86.3 Å². The highest BCUT2D eigenvalue weighted by atomic mass is 16.3. The molecule has 0 unspecified atom stereocenters. The van der Waals surface area contributed by atoms with Gasteiger partial charge in [-0.25, -0.2) is 0 Å². The Labute approximate surface area is 93.5 Å². The zero-order chi connectivity index (χ0) is 11.1.